The summed E-state index contributed by atoms with van der Waals surface area (Å²) in [6, 6.07) is 18.6. The van der Waals surface area contributed by atoms with Crippen LogP contribution in [0.1, 0.15) is 24.0 Å². The number of benzene rings is 2. The first kappa shape index (κ1) is 12.9. The highest BCUT2D eigenvalue weighted by Crippen LogP contribution is 2.30. The fourth-order valence-electron chi connectivity index (χ4n) is 2.08. The molecule has 0 heterocycles. The molecular formula is C16H16BrN. The van der Waals surface area contributed by atoms with E-state index >= 15 is 0 Å². The SMILES string of the molecule is C/C=C(\N)C(c1ccccc1)c1cccc(Br)c1. The van der Waals surface area contributed by atoms with E-state index in [1.807, 2.05) is 43.3 Å². The lowest BCUT2D eigenvalue weighted by molar-refractivity contribution is 0.923. The summed E-state index contributed by atoms with van der Waals surface area (Å²) < 4.78 is 1.07. The van der Waals surface area contributed by atoms with Crippen LogP contribution in [-0.4, -0.2) is 0 Å². The second-order valence-electron chi connectivity index (χ2n) is 4.19. The lowest BCUT2D eigenvalue weighted by Crippen LogP contribution is -2.11. The Morgan fingerprint density at radius 1 is 1.06 bits per heavy atom. The van der Waals surface area contributed by atoms with Gasteiger partial charge in [0.15, 0.2) is 0 Å². The average molecular weight is 302 g/mol. The summed E-state index contributed by atoms with van der Waals surface area (Å²) in [7, 11) is 0. The number of nitrogens with two attached hydrogens (primary N) is 1. The average Bonchev–Trinajstić information content (AvgIpc) is 2.40. The van der Waals surface area contributed by atoms with E-state index in [9.17, 15) is 0 Å². The lowest BCUT2D eigenvalue weighted by Gasteiger charge is -2.19. The normalized spacial score (nSPS) is 13.3. The zero-order chi connectivity index (χ0) is 13.0. The van der Waals surface area contributed by atoms with Crippen LogP contribution in [0.15, 0.2) is 70.8 Å². The zero-order valence-electron chi connectivity index (χ0n) is 10.3. The summed E-state index contributed by atoms with van der Waals surface area (Å²) >= 11 is 3.51. The van der Waals surface area contributed by atoms with Crippen LogP contribution in [0.5, 0.6) is 0 Å². The Hall–Kier alpha value is -1.54. The minimum Gasteiger partial charge on any atom is -0.402 e. The molecule has 2 N–H and O–H groups in total. The van der Waals surface area contributed by atoms with Crippen molar-refractivity contribution in [2.24, 2.45) is 5.73 Å². The molecule has 1 unspecified atom stereocenters. The molecule has 92 valence electrons. The molecule has 2 aromatic carbocycles. The van der Waals surface area contributed by atoms with Gasteiger partial charge in [-0.05, 0) is 30.2 Å². The molecule has 0 saturated carbocycles. The highest BCUT2D eigenvalue weighted by atomic mass is 79.9. The predicted octanol–water partition coefficient (Wildman–Crippen LogP) is 4.44. The van der Waals surface area contributed by atoms with Crippen molar-refractivity contribution < 1.29 is 0 Å². The van der Waals surface area contributed by atoms with Crippen molar-refractivity contribution in [1.29, 1.82) is 0 Å². The van der Waals surface area contributed by atoms with E-state index in [0.717, 1.165) is 10.2 Å². The van der Waals surface area contributed by atoms with Gasteiger partial charge in [0.05, 0.1) is 0 Å². The van der Waals surface area contributed by atoms with Crippen molar-refractivity contribution in [3.63, 3.8) is 0 Å². The third-order valence-corrected chi connectivity index (χ3v) is 3.47. The molecule has 18 heavy (non-hydrogen) atoms. The maximum atomic E-state index is 6.18. The van der Waals surface area contributed by atoms with Crippen molar-refractivity contribution in [2.75, 3.05) is 0 Å². The Labute approximate surface area is 116 Å². The summed E-state index contributed by atoms with van der Waals surface area (Å²) in [5.74, 6) is 0.119. The largest absolute Gasteiger partial charge is 0.402 e. The minimum absolute atomic E-state index is 0.119. The molecule has 0 spiro atoms. The van der Waals surface area contributed by atoms with Gasteiger partial charge in [0.25, 0.3) is 0 Å². The molecule has 0 radical (unpaired) electrons. The van der Waals surface area contributed by atoms with Gasteiger partial charge in [-0.3, -0.25) is 0 Å². The van der Waals surface area contributed by atoms with E-state index in [1.165, 1.54) is 11.1 Å². The minimum atomic E-state index is 0.119. The Balaban J connectivity index is 2.51. The maximum Gasteiger partial charge on any atom is 0.0482 e. The molecule has 0 aliphatic heterocycles. The van der Waals surface area contributed by atoms with Crippen LogP contribution in [0.25, 0.3) is 0 Å². The van der Waals surface area contributed by atoms with Crippen LogP contribution < -0.4 is 5.73 Å². The fourth-order valence-corrected chi connectivity index (χ4v) is 2.49. The molecule has 2 heteroatoms. The smallest absolute Gasteiger partial charge is 0.0482 e. The summed E-state index contributed by atoms with van der Waals surface area (Å²) in [6.07, 6.45) is 1.97. The molecule has 1 atom stereocenters. The van der Waals surface area contributed by atoms with Crippen LogP contribution in [0.2, 0.25) is 0 Å². The molecule has 2 rings (SSSR count). The first-order valence-electron chi connectivity index (χ1n) is 5.94. The molecule has 0 aromatic heterocycles. The molecule has 0 fully saturated rings. The standard InChI is InChI=1S/C16H16BrN/c1-2-15(18)16(12-7-4-3-5-8-12)13-9-6-10-14(17)11-13/h2-11,16H,18H2,1H3/b15-2-. The van der Waals surface area contributed by atoms with E-state index in [1.54, 1.807) is 0 Å². The number of allylic oxidation sites excluding steroid dienone is 2. The second kappa shape index (κ2) is 5.87. The molecule has 0 amide bonds. The third kappa shape index (κ3) is 2.82. The van der Waals surface area contributed by atoms with E-state index in [2.05, 4.69) is 40.2 Å². The first-order chi connectivity index (χ1) is 8.72. The van der Waals surface area contributed by atoms with E-state index < -0.39 is 0 Å². The van der Waals surface area contributed by atoms with E-state index in [0.29, 0.717) is 0 Å². The predicted molar refractivity (Wildman–Crippen MR) is 80.4 cm³/mol. The van der Waals surface area contributed by atoms with Gasteiger partial charge in [-0.15, -0.1) is 0 Å². The molecule has 1 nitrogen and oxygen atoms in total. The van der Waals surface area contributed by atoms with Gasteiger partial charge in [0.2, 0.25) is 0 Å². The van der Waals surface area contributed by atoms with Gasteiger partial charge in [0, 0.05) is 16.1 Å². The Morgan fingerprint density at radius 2 is 1.72 bits per heavy atom. The van der Waals surface area contributed by atoms with Crippen molar-refractivity contribution in [3.8, 4) is 0 Å². The van der Waals surface area contributed by atoms with Gasteiger partial charge in [-0.2, -0.15) is 0 Å². The topological polar surface area (TPSA) is 26.0 Å². The van der Waals surface area contributed by atoms with Crippen molar-refractivity contribution >= 4 is 15.9 Å². The van der Waals surface area contributed by atoms with Crippen molar-refractivity contribution in [1.82, 2.24) is 0 Å². The monoisotopic (exact) mass is 301 g/mol. The van der Waals surface area contributed by atoms with Gasteiger partial charge in [-0.25, -0.2) is 0 Å². The Morgan fingerprint density at radius 3 is 2.33 bits per heavy atom. The van der Waals surface area contributed by atoms with Crippen LogP contribution in [0, 0.1) is 0 Å². The maximum absolute atomic E-state index is 6.18. The van der Waals surface area contributed by atoms with Crippen LogP contribution in [-0.2, 0) is 0 Å². The van der Waals surface area contributed by atoms with E-state index in [-0.39, 0.29) is 5.92 Å². The highest BCUT2D eigenvalue weighted by Gasteiger charge is 2.16. The molecular weight excluding hydrogens is 286 g/mol. The van der Waals surface area contributed by atoms with E-state index in [4.69, 9.17) is 5.73 Å². The molecule has 0 aliphatic carbocycles. The number of hydrogen-bond acceptors (Lipinski definition) is 1. The number of rotatable bonds is 3. The summed E-state index contributed by atoms with van der Waals surface area (Å²) in [4.78, 5) is 0. The zero-order valence-corrected chi connectivity index (χ0v) is 11.9. The second-order valence-corrected chi connectivity index (χ2v) is 5.10. The fraction of sp³-hybridized carbons (Fsp3) is 0.125. The quantitative estimate of drug-likeness (QED) is 0.891. The summed E-state index contributed by atoms with van der Waals surface area (Å²) in [5.41, 5.74) is 9.47. The van der Waals surface area contributed by atoms with Crippen molar-refractivity contribution in [3.05, 3.63) is 82.0 Å². The van der Waals surface area contributed by atoms with Crippen LogP contribution >= 0.6 is 15.9 Å². The lowest BCUT2D eigenvalue weighted by atomic mass is 9.88. The van der Waals surface area contributed by atoms with Crippen LogP contribution in [0.3, 0.4) is 0 Å². The van der Waals surface area contributed by atoms with Crippen molar-refractivity contribution in [2.45, 2.75) is 12.8 Å². The van der Waals surface area contributed by atoms with Crippen LogP contribution in [0.4, 0.5) is 0 Å². The first-order valence-corrected chi connectivity index (χ1v) is 6.73. The Bertz CT molecular complexity index is 546. The summed E-state index contributed by atoms with van der Waals surface area (Å²) in [6.45, 7) is 1.98. The Kier molecular flexibility index (Phi) is 4.21. The van der Waals surface area contributed by atoms with Gasteiger partial charge >= 0.3 is 0 Å². The van der Waals surface area contributed by atoms with Gasteiger partial charge < -0.3 is 5.73 Å². The third-order valence-electron chi connectivity index (χ3n) is 2.98. The molecule has 0 bridgehead atoms. The molecule has 0 aliphatic rings. The van der Waals surface area contributed by atoms with Gasteiger partial charge in [0.1, 0.15) is 0 Å². The summed E-state index contributed by atoms with van der Waals surface area (Å²) in [5, 5.41) is 0. The molecule has 0 saturated heterocycles. The number of hydrogen-bond donors (Lipinski definition) is 1. The molecule has 2 aromatic rings. The highest BCUT2D eigenvalue weighted by molar-refractivity contribution is 9.10. The van der Waals surface area contributed by atoms with Gasteiger partial charge in [-0.1, -0.05) is 64.5 Å². The number of halogens is 1.